The van der Waals surface area contributed by atoms with E-state index in [-0.39, 0.29) is 24.4 Å². The first-order valence-corrected chi connectivity index (χ1v) is 7.98. The molecule has 1 aliphatic carbocycles. The summed E-state index contributed by atoms with van der Waals surface area (Å²) in [5, 5.41) is 6.55. The Morgan fingerprint density at radius 2 is 2.09 bits per heavy atom. The molecule has 0 bridgehead atoms. The van der Waals surface area contributed by atoms with E-state index in [0.29, 0.717) is 23.3 Å². The van der Waals surface area contributed by atoms with Crippen LogP contribution in [0.3, 0.4) is 0 Å². The average molecular weight is 325 g/mol. The fourth-order valence-electron chi connectivity index (χ4n) is 2.80. The molecule has 4 nitrogen and oxygen atoms in total. The molecule has 2 unspecified atom stereocenters. The lowest BCUT2D eigenvalue weighted by Crippen LogP contribution is -2.46. The first kappa shape index (κ1) is 17.1. The zero-order valence-electron chi connectivity index (χ0n) is 13.0. The van der Waals surface area contributed by atoms with Crippen LogP contribution >= 0.6 is 12.4 Å². The zero-order valence-corrected chi connectivity index (χ0v) is 13.8. The van der Waals surface area contributed by atoms with Crippen LogP contribution in [0.5, 0.6) is 5.75 Å². The normalized spacial score (nSPS) is 24.2. The molecule has 1 amide bonds. The molecule has 1 aliphatic heterocycles. The highest BCUT2D eigenvalue weighted by Crippen LogP contribution is 2.30. The van der Waals surface area contributed by atoms with Crippen molar-refractivity contribution >= 4 is 18.3 Å². The highest BCUT2D eigenvalue weighted by atomic mass is 35.5. The summed E-state index contributed by atoms with van der Waals surface area (Å²) in [6.07, 6.45) is 4.47. The molecule has 1 saturated carbocycles. The van der Waals surface area contributed by atoms with Crippen LogP contribution in [-0.4, -0.2) is 31.1 Å². The lowest BCUT2D eigenvalue weighted by molar-refractivity contribution is 0.0921. The van der Waals surface area contributed by atoms with Gasteiger partial charge < -0.3 is 15.4 Å². The number of nitrogens with one attached hydrogen (secondary N) is 2. The molecule has 2 N–H and O–H groups in total. The third-order valence-corrected chi connectivity index (χ3v) is 4.26. The number of amides is 1. The molecule has 22 heavy (non-hydrogen) atoms. The van der Waals surface area contributed by atoms with Crippen LogP contribution in [0.2, 0.25) is 0 Å². The van der Waals surface area contributed by atoms with E-state index < -0.39 is 0 Å². The second kappa shape index (κ2) is 7.84. The summed E-state index contributed by atoms with van der Waals surface area (Å²) >= 11 is 0. The minimum absolute atomic E-state index is 0. The van der Waals surface area contributed by atoms with E-state index in [0.717, 1.165) is 26.0 Å². The maximum Gasteiger partial charge on any atom is 0.255 e. The molecule has 0 radical (unpaired) electrons. The molecule has 2 fully saturated rings. The first-order chi connectivity index (χ1) is 10.2. The van der Waals surface area contributed by atoms with Crippen molar-refractivity contribution < 1.29 is 9.53 Å². The van der Waals surface area contributed by atoms with Crippen molar-refractivity contribution in [2.24, 2.45) is 5.92 Å². The highest BCUT2D eigenvalue weighted by molar-refractivity contribution is 5.97. The molecule has 0 aromatic heterocycles. The van der Waals surface area contributed by atoms with E-state index in [1.807, 2.05) is 24.3 Å². The molecule has 1 heterocycles. The van der Waals surface area contributed by atoms with E-state index in [1.165, 1.54) is 12.8 Å². The van der Waals surface area contributed by atoms with E-state index >= 15 is 0 Å². The number of hydrogen-bond donors (Lipinski definition) is 2. The number of piperidine rings is 1. The lowest BCUT2D eigenvalue weighted by Gasteiger charge is -2.28. The Morgan fingerprint density at radius 3 is 2.82 bits per heavy atom. The second-order valence-electron chi connectivity index (χ2n) is 6.30. The van der Waals surface area contributed by atoms with Gasteiger partial charge in [0.1, 0.15) is 5.75 Å². The van der Waals surface area contributed by atoms with E-state index in [4.69, 9.17) is 4.74 Å². The summed E-state index contributed by atoms with van der Waals surface area (Å²) in [6, 6.07) is 8.27. The maximum absolute atomic E-state index is 12.5. The van der Waals surface area contributed by atoms with Gasteiger partial charge in [0.05, 0.1) is 12.2 Å². The highest BCUT2D eigenvalue weighted by Gasteiger charge is 2.24. The van der Waals surface area contributed by atoms with Gasteiger partial charge in [-0.1, -0.05) is 12.1 Å². The summed E-state index contributed by atoms with van der Waals surface area (Å²) in [5.41, 5.74) is 0.657. The third kappa shape index (κ3) is 4.62. The standard InChI is InChI=1S/C17H24N2O2.ClH/c1-12-10-14(8-9-18-12)19-17(20)15-4-2-3-5-16(15)21-11-13-6-7-13;/h2-5,12-14,18H,6-11H2,1H3,(H,19,20);1H. The Kier molecular flexibility index (Phi) is 6.09. The Balaban J connectivity index is 0.00000176. The SMILES string of the molecule is CC1CC(NC(=O)c2ccccc2OCC2CC2)CCN1.Cl. The molecule has 5 heteroatoms. The Hall–Kier alpha value is -1.26. The van der Waals surface area contributed by atoms with Crippen LogP contribution in [0.25, 0.3) is 0 Å². The van der Waals surface area contributed by atoms with Crippen molar-refractivity contribution in [2.45, 2.75) is 44.7 Å². The number of para-hydroxylation sites is 1. The summed E-state index contributed by atoms with van der Waals surface area (Å²) < 4.78 is 5.82. The number of rotatable bonds is 5. The molecular weight excluding hydrogens is 300 g/mol. The van der Waals surface area contributed by atoms with Crippen LogP contribution in [0, 0.1) is 5.92 Å². The predicted molar refractivity (Wildman–Crippen MR) is 89.9 cm³/mol. The van der Waals surface area contributed by atoms with Gasteiger partial charge >= 0.3 is 0 Å². The molecule has 1 saturated heterocycles. The van der Waals surface area contributed by atoms with Gasteiger partial charge in [-0.2, -0.15) is 0 Å². The molecule has 3 rings (SSSR count). The lowest BCUT2D eigenvalue weighted by atomic mass is 10.00. The number of carbonyl (C=O) groups excluding carboxylic acids is 1. The maximum atomic E-state index is 12.5. The van der Waals surface area contributed by atoms with Crippen LogP contribution in [0.1, 0.15) is 43.0 Å². The molecule has 1 aromatic carbocycles. The van der Waals surface area contributed by atoms with E-state index in [1.54, 1.807) is 0 Å². The summed E-state index contributed by atoms with van der Waals surface area (Å²) in [5.74, 6) is 1.38. The fourth-order valence-corrected chi connectivity index (χ4v) is 2.80. The van der Waals surface area contributed by atoms with Crippen molar-refractivity contribution in [3.8, 4) is 5.75 Å². The summed E-state index contributed by atoms with van der Waals surface area (Å²) in [4.78, 5) is 12.5. The molecule has 0 spiro atoms. The summed E-state index contributed by atoms with van der Waals surface area (Å²) in [7, 11) is 0. The van der Waals surface area contributed by atoms with Gasteiger partial charge in [-0.05, 0) is 57.2 Å². The van der Waals surface area contributed by atoms with Crippen molar-refractivity contribution in [1.29, 1.82) is 0 Å². The van der Waals surface area contributed by atoms with Gasteiger partial charge in [0.15, 0.2) is 0 Å². The molecule has 1 aromatic rings. The van der Waals surface area contributed by atoms with E-state index in [2.05, 4.69) is 17.6 Å². The number of hydrogen-bond acceptors (Lipinski definition) is 3. The largest absolute Gasteiger partial charge is 0.492 e. The number of ether oxygens (including phenoxy) is 1. The molecule has 2 aliphatic rings. The van der Waals surface area contributed by atoms with E-state index in [9.17, 15) is 4.79 Å². The minimum Gasteiger partial charge on any atom is -0.492 e. The predicted octanol–water partition coefficient (Wildman–Crippen LogP) is 2.77. The quantitative estimate of drug-likeness (QED) is 0.875. The van der Waals surface area contributed by atoms with Crippen molar-refractivity contribution in [3.63, 3.8) is 0 Å². The topological polar surface area (TPSA) is 50.4 Å². The van der Waals surface area contributed by atoms with Gasteiger partial charge in [-0.25, -0.2) is 0 Å². The number of halogens is 1. The fraction of sp³-hybridized carbons (Fsp3) is 0.588. The van der Waals surface area contributed by atoms with Crippen molar-refractivity contribution in [3.05, 3.63) is 29.8 Å². The van der Waals surface area contributed by atoms with Gasteiger partial charge in [0, 0.05) is 12.1 Å². The third-order valence-electron chi connectivity index (χ3n) is 4.26. The molecular formula is C17H25ClN2O2. The Morgan fingerprint density at radius 1 is 1.32 bits per heavy atom. The van der Waals surface area contributed by atoms with Crippen molar-refractivity contribution in [2.75, 3.05) is 13.2 Å². The van der Waals surface area contributed by atoms with Gasteiger partial charge in [0.25, 0.3) is 5.91 Å². The van der Waals surface area contributed by atoms with Gasteiger partial charge in [-0.3, -0.25) is 4.79 Å². The molecule has 2 atom stereocenters. The van der Waals surface area contributed by atoms with Gasteiger partial charge in [-0.15, -0.1) is 12.4 Å². The first-order valence-electron chi connectivity index (χ1n) is 7.98. The smallest absolute Gasteiger partial charge is 0.255 e. The number of benzene rings is 1. The van der Waals surface area contributed by atoms with Crippen LogP contribution < -0.4 is 15.4 Å². The number of carbonyl (C=O) groups is 1. The Labute approximate surface area is 138 Å². The minimum atomic E-state index is -0.0134. The zero-order chi connectivity index (χ0) is 14.7. The van der Waals surface area contributed by atoms with Gasteiger partial charge in [0.2, 0.25) is 0 Å². The van der Waals surface area contributed by atoms with Crippen LogP contribution in [-0.2, 0) is 0 Å². The Bertz CT molecular complexity index is 505. The average Bonchev–Trinajstić information content (AvgIpc) is 3.29. The van der Waals surface area contributed by atoms with Crippen LogP contribution in [0.15, 0.2) is 24.3 Å². The van der Waals surface area contributed by atoms with Crippen molar-refractivity contribution in [1.82, 2.24) is 10.6 Å². The monoisotopic (exact) mass is 324 g/mol. The summed E-state index contributed by atoms with van der Waals surface area (Å²) in [6.45, 7) is 3.85. The van der Waals surface area contributed by atoms with Crippen LogP contribution in [0.4, 0.5) is 0 Å². The second-order valence-corrected chi connectivity index (χ2v) is 6.30. The molecule has 122 valence electrons.